The molecule has 0 bridgehead atoms. The largest absolute Gasteiger partial charge is 0.492 e. The third kappa shape index (κ3) is 6.60. The molecule has 0 aromatic heterocycles. The fourth-order valence-corrected chi connectivity index (χ4v) is 3.49. The van der Waals surface area contributed by atoms with Gasteiger partial charge in [0.25, 0.3) is 5.91 Å². The number of hydrogen-bond donors (Lipinski definition) is 2. The lowest BCUT2D eigenvalue weighted by molar-refractivity contribution is 0.0977. The van der Waals surface area contributed by atoms with Crippen LogP contribution in [0, 0.1) is 13.8 Å². The van der Waals surface area contributed by atoms with E-state index in [9.17, 15) is 4.79 Å². The Morgan fingerprint density at radius 1 is 1.11 bits per heavy atom. The second-order valence-corrected chi connectivity index (χ2v) is 7.99. The van der Waals surface area contributed by atoms with Crippen LogP contribution in [0.1, 0.15) is 54.1 Å². The summed E-state index contributed by atoms with van der Waals surface area (Å²) in [5, 5.41) is 6.12. The van der Waals surface area contributed by atoms with Crippen LogP contribution in [-0.2, 0) is 0 Å². The average Bonchev–Trinajstić information content (AvgIpc) is 2.65. The first-order valence-corrected chi connectivity index (χ1v) is 10.7. The number of halogens is 1. The predicted octanol–water partition coefficient (Wildman–Crippen LogP) is 6.15. The smallest absolute Gasteiger partial charge is 0.257 e. The van der Waals surface area contributed by atoms with Gasteiger partial charge < -0.3 is 10.1 Å². The first kappa shape index (κ1) is 22.4. The van der Waals surface area contributed by atoms with Gasteiger partial charge in [0.1, 0.15) is 5.75 Å². The molecule has 0 saturated heterocycles. The standard InChI is InChI=1S/C22H27BrN2O2S/c1-4-5-6-7-13-27-19-12-11-17(14-18(19)23)21(26)25-22(28)24-20-15(2)9-8-10-16(20)3/h8-12,14H,4-7,13H2,1-3H3,(H2,24,25,26,28). The summed E-state index contributed by atoms with van der Waals surface area (Å²) in [5.74, 6) is 0.475. The predicted molar refractivity (Wildman–Crippen MR) is 123 cm³/mol. The minimum Gasteiger partial charge on any atom is -0.492 e. The van der Waals surface area contributed by atoms with Gasteiger partial charge in [-0.15, -0.1) is 0 Å². The van der Waals surface area contributed by atoms with Gasteiger partial charge in [0, 0.05) is 11.3 Å². The third-order valence-electron chi connectivity index (χ3n) is 4.40. The Morgan fingerprint density at radius 3 is 2.46 bits per heavy atom. The highest BCUT2D eigenvalue weighted by Crippen LogP contribution is 2.26. The maximum atomic E-state index is 12.5. The van der Waals surface area contributed by atoms with Crippen LogP contribution in [0.4, 0.5) is 5.69 Å². The van der Waals surface area contributed by atoms with Gasteiger partial charge in [-0.1, -0.05) is 44.4 Å². The lowest BCUT2D eigenvalue weighted by Gasteiger charge is -2.14. The zero-order valence-electron chi connectivity index (χ0n) is 16.6. The van der Waals surface area contributed by atoms with Crippen LogP contribution in [0.15, 0.2) is 40.9 Å². The molecule has 0 heterocycles. The number of carbonyl (C=O) groups excluding carboxylic acids is 1. The summed E-state index contributed by atoms with van der Waals surface area (Å²) in [4.78, 5) is 12.5. The van der Waals surface area contributed by atoms with E-state index in [0.29, 0.717) is 12.2 Å². The number of carbonyl (C=O) groups is 1. The molecule has 6 heteroatoms. The summed E-state index contributed by atoms with van der Waals surface area (Å²) in [6.07, 6.45) is 4.62. The molecule has 0 spiro atoms. The monoisotopic (exact) mass is 462 g/mol. The molecule has 0 atom stereocenters. The average molecular weight is 463 g/mol. The Kier molecular flexibility index (Phi) is 8.93. The molecule has 0 unspecified atom stereocenters. The molecule has 0 aliphatic heterocycles. The van der Waals surface area contributed by atoms with Gasteiger partial charge in [-0.3, -0.25) is 10.1 Å². The topological polar surface area (TPSA) is 50.4 Å². The van der Waals surface area contributed by atoms with Crippen molar-refractivity contribution < 1.29 is 9.53 Å². The van der Waals surface area contributed by atoms with Crippen LogP contribution in [-0.4, -0.2) is 17.6 Å². The van der Waals surface area contributed by atoms with Gasteiger partial charge in [0.05, 0.1) is 11.1 Å². The summed E-state index contributed by atoms with van der Waals surface area (Å²) in [5.41, 5.74) is 3.57. The number of unbranched alkanes of at least 4 members (excludes halogenated alkanes) is 3. The summed E-state index contributed by atoms with van der Waals surface area (Å²) >= 11 is 8.79. The van der Waals surface area contributed by atoms with Crippen molar-refractivity contribution in [1.29, 1.82) is 0 Å². The maximum Gasteiger partial charge on any atom is 0.257 e. The summed E-state index contributed by atoms with van der Waals surface area (Å²) in [7, 11) is 0. The normalized spacial score (nSPS) is 10.4. The third-order valence-corrected chi connectivity index (χ3v) is 5.22. The van der Waals surface area contributed by atoms with E-state index >= 15 is 0 Å². The van der Waals surface area contributed by atoms with Crippen molar-refractivity contribution in [3.05, 3.63) is 57.6 Å². The number of aryl methyl sites for hydroxylation is 2. The van der Waals surface area contributed by atoms with E-state index in [4.69, 9.17) is 17.0 Å². The molecular formula is C22H27BrN2O2S. The van der Waals surface area contributed by atoms with Crippen LogP contribution in [0.3, 0.4) is 0 Å². The number of ether oxygens (including phenoxy) is 1. The van der Waals surface area contributed by atoms with E-state index in [-0.39, 0.29) is 11.0 Å². The zero-order chi connectivity index (χ0) is 20.5. The molecule has 2 aromatic carbocycles. The van der Waals surface area contributed by atoms with Crippen molar-refractivity contribution in [3.63, 3.8) is 0 Å². The second kappa shape index (κ2) is 11.2. The number of hydrogen-bond acceptors (Lipinski definition) is 3. The van der Waals surface area contributed by atoms with Gasteiger partial charge in [-0.2, -0.15) is 0 Å². The maximum absolute atomic E-state index is 12.5. The molecule has 2 N–H and O–H groups in total. The molecule has 1 amide bonds. The fraction of sp³-hybridized carbons (Fsp3) is 0.364. The molecule has 0 saturated carbocycles. The van der Waals surface area contributed by atoms with Crippen LogP contribution >= 0.6 is 28.1 Å². The van der Waals surface area contributed by atoms with E-state index in [2.05, 4.69) is 33.5 Å². The molecule has 0 radical (unpaired) electrons. The van der Waals surface area contributed by atoms with Crippen molar-refractivity contribution in [1.82, 2.24) is 5.32 Å². The van der Waals surface area contributed by atoms with E-state index in [0.717, 1.165) is 33.5 Å². The highest BCUT2D eigenvalue weighted by Gasteiger charge is 2.12. The van der Waals surface area contributed by atoms with E-state index in [1.807, 2.05) is 32.0 Å². The van der Waals surface area contributed by atoms with E-state index in [1.165, 1.54) is 19.3 Å². The Labute approximate surface area is 181 Å². The van der Waals surface area contributed by atoms with Gasteiger partial charge >= 0.3 is 0 Å². The van der Waals surface area contributed by atoms with Crippen molar-refractivity contribution >= 4 is 44.9 Å². The van der Waals surface area contributed by atoms with Crippen LogP contribution < -0.4 is 15.4 Å². The molecule has 150 valence electrons. The summed E-state index contributed by atoms with van der Waals surface area (Å²) < 4.78 is 6.54. The molecule has 4 nitrogen and oxygen atoms in total. The van der Waals surface area contributed by atoms with Gasteiger partial charge in [-0.05, 0) is 77.7 Å². The van der Waals surface area contributed by atoms with Crippen LogP contribution in [0.2, 0.25) is 0 Å². The molecule has 0 aliphatic carbocycles. The van der Waals surface area contributed by atoms with E-state index < -0.39 is 0 Å². The van der Waals surface area contributed by atoms with Gasteiger partial charge in [-0.25, -0.2) is 0 Å². The second-order valence-electron chi connectivity index (χ2n) is 6.73. The Hall–Kier alpha value is -1.92. The number of anilines is 1. The minimum absolute atomic E-state index is 0.265. The number of thiocarbonyl (C=S) groups is 1. The lowest BCUT2D eigenvalue weighted by Crippen LogP contribution is -2.34. The molecule has 0 aliphatic rings. The first-order valence-electron chi connectivity index (χ1n) is 9.53. The molecular weight excluding hydrogens is 436 g/mol. The summed E-state index contributed by atoms with van der Waals surface area (Å²) in [6, 6.07) is 11.3. The molecule has 2 aromatic rings. The van der Waals surface area contributed by atoms with E-state index in [1.54, 1.807) is 18.2 Å². The Morgan fingerprint density at radius 2 is 1.82 bits per heavy atom. The number of rotatable bonds is 8. The highest BCUT2D eigenvalue weighted by atomic mass is 79.9. The first-order chi connectivity index (χ1) is 13.4. The minimum atomic E-state index is -0.265. The molecule has 28 heavy (non-hydrogen) atoms. The molecule has 2 rings (SSSR count). The quantitative estimate of drug-likeness (QED) is 0.364. The van der Waals surface area contributed by atoms with Gasteiger partial charge in [0.2, 0.25) is 0 Å². The lowest BCUT2D eigenvalue weighted by atomic mass is 10.1. The summed E-state index contributed by atoms with van der Waals surface area (Å²) in [6.45, 7) is 6.86. The number of amides is 1. The Bertz CT molecular complexity index is 819. The fourth-order valence-electron chi connectivity index (χ4n) is 2.80. The number of benzene rings is 2. The van der Waals surface area contributed by atoms with Crippen molar-refractivity contribution in [2.24, 2.45) is 0 Å². The number of para-hydroxylation sites is 1. The van der Waals surface area contributed by atoms with Crippen molar-refractivity contribution in [3.8, 4) is 5.75 Å². The highest BCUT2D eigenvalue weighted by molar-refractivity contribution is 9.10. The van der Waals surface area contributed by atoms with Crippen molar-refractivity contribution in [2.75, 3.05) is 11.9 Å². The number of nitrogens with one attached hydrogen (secondary N) is 2. The molecule has 0 fully saturated rings. The van der Waals surface area contributed by atoms with Crippen molar-refractivity contribution in [2.45, 2.75) is 46.5 Å². The Balaban J connectivity index is 1.93. The zero-order valence-corrected chi connectivity index (χ0v) is 19.0. The van der Waals surface area contributed by atoms with Crippen LogP contribution in [0.5, 0.6) is 5.75 Å². The van der Waals surface area contributed by atoms with Gasteiger partial charge in [0.15, 0.2) is 5.11 Å². The van der Waals surface area contributed by atoms with Crippen LogP contribution in [0.25, 0.3) is 0 Å². The SMILES string of the molecule is CCCCCCOc1ccc(C(=O)NC(=S)Nc2c(C)cccc2C)cc1Br.